The van der Waals surface area contributed by atoms with E-state index in [0.29, 0.717) is 22.0 Å². The number of hydrogen-bond donors (Lipinski definition) is 1. The highest BCUT2D eigenvalue weighted by Crippen LogP contribution is 2.51. The highest BCUT2D eigenvalue weighted by atomic mass is 35.5. The molecule has 0 fully saturated rings. The summed E-state index contributed by atoms with van der Waals surface area (Å²) in [6, 6.07) is 7.39. The summed E-state index contributed by atoms with van der Waals surface area (Å²) in [5, 5.41) is 11.3. The Balaban J connectivity index is 1.82. The van der Waals surface area contributed by atoms with Crippen molar-refractivity contribution in [2.75, 3.05) is 5.32 Å². The van der Waals surface area contributed by atoms with Gasteiger partial charge >= 0.3 is 0 Å². The van der Waals surface area contributed by atoms with E-state index in [4.69, 9.17) is 16.3 Å². The molecule has 0 saturated carbocycles. The van der Waals surface area contributed by atoms with Crippen LogP contribution in [0.5, 0.6) is 11.8 Å². The van der Waals surface area contributed by atoms with Gasteiger partial charge in [-0.3, -0.25) is 4.79 Å². The van der Waals surface area contributed by atoms with Crippen LogP contribution in [0.4, 0.5) is 5.13 Å². The van der Waals surface area contributed by atoms with Crippen LogP contribution in [0.1, 0.15) is 36.6 Å². The van der Waals surface area contributed by atoms with E-state index in [1.54, 1.807) is 11.6 Å². The Morgan fingerprint density at radius 3 is 2.59 bits per heavy atom. The highest BCUT2D eigenvalue weighted by molar-refractivity contribution is 7.13. The number of hydrogen-bond acceptors (Lipinski definition) is 7. The SMILES string of the molecule is Cc1ccc2c(n1)Oc1nc(Cl)ccc1C2C(C)(C)C(=O)Nc1nncs1. The fourth-order valence-electron chi connectivity index (χ4n) is 3.23. The van der Waals surface area contributed by atoms with Gasteiger partial charge in [-0.1, -0.05) is 42.9 Å². The Bertz CT molecular complexity index is 971. The Morgan fingerprint density at radius 2 is 1.89 bits per heavy atom. The normalized spacial score (nSPS) is 15.5. The van der Waals surface area contributed by atoms with Crippen molar-refractivity contribution >= 4 is 34.0 Å². The first-order valence-electron chi connectivity index (χ1n) is 8.25. The number of rotatable bonds is 3. The quantitative estimate of drug-likeness (QED) is 0.661. The Morgan fingerprint density at radius 1 is 1.19 bits per heavy atom. The molecule has 9 heteroatoms. The molecule has 0 aromatic carbocycles. The number of halogens is 1. The van der Waals surface area contributed by atoms with Crippen molar-refractivity contribution in [3.8, 4) is 11.8 Å². The molecule has 1 unspecified atom stereocenters. The molecule has 1 aliphatic heterocycles. The molecule has 1 N–H and O–H groups in total. The fraction of sp³-hybridized carbons (Fsp3) is 0.278. The molecule has 4 heterocycles. The van der Waals surface area contributed by atoms with Gasteiger partial charge in [0.2, 0.25) is 22.8 Å². The van der Waals surface area contributed by atoms with Crippen molar-refractivity contribution in [1.29, 1.82) is 0 Å². The first kappa shape index (κ1) is 17.8. The number of amides is 1. The van der Waals surface area contributed by atoms with Crippen molar-refractivity contribution in [3.05, 3.63) is 51.7 Å². The zero-order valence-corrected chi connectivity index (χ0v) is 16.4. The Hall–Kier alpha value is -2.58. The third-order valence-electron chi connectivity index (χ3n) is 4.59. The average Bonchev–Trinajstić information content (AvgIpc) is 3.12. The van der Waals surface area contributed by atoms with Crippen molar-refractivity contribution in [1.82, 2.24) is 20.2 Å². The van der Waals surface area contributed by atoms with Crippen molar-refractivity contribution in [3.63, 3.8) is 0 Å². The van der Waals surface area contributed by atoms with Gasteiger partial charge in [-0.2, -0.15) is 0 Å². The predicted molar refractivity (Wildman–Crippen MR) is 102 cm³/mol. The van der Waals surface area contributed by atoms with E-state index < -0.39 is 5.41 Å². The van der Waals surface area contributed by atoms with E-state index in [0.717, 1.165) is 16.8 Å². The van der Waals surface area contributed by atoms with Gasteiger partial charge in [0.15, 0.2) is 0 Å². The molecule has 1 atom stereocenters. The minimum absolute atomic E-state index is 0.182. The summed E-state index contributed by atoms with van der Waals surface area (Å²) in [7, 11) is 0. The van der Waals surface area contributed by atoms with Crippen molar-refractivity contribution in [2.24, 2.45) is 5.41 Å². The van der Waals surface area contributed by atoms with Gasteiger partial charge in [0.1, 0.15) is 10.7 Å². The molecular weight excluding hydrogens is 386 g/mol. The lowest BCUT2D eigenvalue weighted by atomic mass is 9.70. The lowest BCUT2D eigenvalue weighted by Crippen LogP contribution is -2.38. The average molecular weight is 402 g/mol. The topological polar surface area (TPSA) is 89.9 Å². The maximum absolute atomic E-state index is 13.1. The monoisotopic (exact) mass is 401 g/mol. The predicted octanol–water partition coefficient (Wildman–Crippen LogP) is 4.19. The number of nitrogens with one attached hydrogen (secondary N) is 1. The van der Waals surface area contributed by atoms with Crippen LogP contribution in [0.3, 0.4) is 0 Å². The second-order valence-corrected chi connectivity index (χ2v) is 8.05. The van der Waals surface area contributed by atoms with Crippen molar-refractivity contribution in [2.45, 2.75) is 26.7 Å². The van der Waals surface area contributed by atoms with Gasteiger partial charge in [-0.05, 0) is 25.1 Å². The Kier molecular flexibility index (Phi) is 4.32. The molecular formula is C18H16ClN5O2S. The molecule has 0 saturated heterocycles. The molecule has 0 aliphatic carbocycles. The summed E-state index contributed by atoms with van der Waals surface area (Å²) in [6.45, 7) is 5.63. The maximum atomic E-state index is 13.1. The van der Waals surface area contributed by atoms with Gasteiger partial charge in [0.05, 0.1) is 5.41 Å². The van der Waals surface area contributed by atoms with Gasteiger partial charge in [0.25, 0.3) is 0 Å². The van der Waals surface area contributed by atoms with Crippen LogP contribution in [0, 0.1) is 12.3 Å². The lowest BCUT2D eigenvalue weighted by Gasteiger charge is -2.37. The van der Waals surface area contributed by atoms with E-state index in [1.807, 2.05) is 39.0 Å². The number of anilines is 1. The van der Waals surface area contributed by atoms with Crippen LogP contribution in [0.25, 0.3) is 0 Å². The van der Waals surface area contributed by atoms with Crippen LogP contribution in [-0.2, 0) is 4.79 Å². The zero-order valence-electron chi connectivity index (χ0n) is 14.9. The molecule has 27 heavy (non-hydrogen) atoms. The minimum atomic E-state index is -0.842. The van der Waals surface area contributed by atoms with Crippen LogP contribution < -0.4 is 10.1 Å². The van der Waals surface area contributed by atoms with Crippen molar-refractivity contribution < 1.29 is 9.53 Å². The van der Waals surface area contributed by atoms with Crippen LogP contribution in [0.2, 0.25) is 5.15 Å². The lowest BCUT2D eigenvalue weighted by molar-refractivity contribution is -0.124. The number of fused-ring (bicyclic) bond motifs is 2. The molecule has 0 radical (unpaired) electrons. The number of pyridine rings is 2. The van der Waals surface area contributed by atoms with E-state index >= 15 is 0 Å². The molecule has 4 rings (SSSR count). The van der Waals surface area contributed by atoms with Gasteiger partial charge in [0, 0.05) is 22.7 Å². The number of carbonyl (C=O) groups is 1. The standard InChI is InChI=1S/C18H16ClN5O2S/c1-9-4-5-10-13(18(2,3)16(25)23-17-24-20-8-27-17)11-6-7-12(19)22-15(11)26-14(10)21-9/h4-8,13H,1-3H3,(H,23,24,25). The second-order valence-electron chi connectivity index (χ2n) is 6.83. The molecule has 3 aromatic heterocycles. The minimum Gasteiger partial charge on any atom is -0.420 e. The fourth-order valence-corrected chi connectivity index (χ4v) is 3.81. The summed E-state index contributed by atoms with van der Waals surface area (Å²) in [6.07, 6.45) is 0. The molecule has 3 aromatic rings. The van der Waals surface area contributed by atoms with Crippen LogP contribution >= 0.6 is 22.9 Å². The summed E-state index contributed by atoms with van der Waals surface area (Å²) >= 11 is 7.32. The molecule has 138 valence electrons. The van der Waals surface area contributed by atoms with E-state index in [9.17, 15) is 4.79 Å². The van der Waals surface area contributed by atoms with Gasteiger partial charge in [-0.15, -0.1) is 10.2 Å². The highest BCUT2D eigenvalue weighted by Gasteiger charge is 2.44. The van der Waals surface area contributed by atoms with E-state index in [2.05, 4.69) is 25.5 Å². The van der Waals surface area contributed by atoms with E-state index in [1.165, 1.54) is 11.3 Å². The molecule has 0 spiro atoms. The summed E-state index contributed by atoms with van der Waals surface area (Å²) in [5.41, 5.74) is 3.16. The summed E-state index contributed by atoms with van der Waals surface area (Å²) in [4.78, 5) is 21.9. The number of aryl methyl sites for hydroxylation is 1. The Labute approximate surface area is 164 Å². The van der Waals surface area contributed by atoms with Crippen LogP contribution in [-0.4, -0.2) is 26.1 Å². The number of carbonyl (C=O) groups excluding carboxylic acids is 1. The third-order valence-corrected chi connectivity index (χ3v) is 5.40. The van der Waals surface area contributed by atoms with Gasteiger partial charge < -0.3 is 10.1 Å². The maximum Gasteiger partial charge on any atom is 0.232 e. The first-order valence-corrected chi connectivity index (χ1v) is 9.51. The van der Waals surface area contributed by atoms with Crippen LogP contribution in [0.15, 0.2) is 29.8 Å². The zero-order chi connectivity index (χ0) is 19.2. The second kappa shape index (κ2) is 6.54. The summed E-state index contributed by atoms with van der Waals surface area (Å²) < 4.78 is 5.89. The van der Waals surface area contributed by atoms with Gasteiger partial charge in [-0.25, -0.2) is 9.97 Å². The summed E-state index contributed by atoms with van der Waals surface area (Å²) in [5.74, 6) is 0.314. The number of nitrogens with zero attached hydrogens (tertiary/aromatic N) is 4. The number of aromatic nitrogens is 4. The molecule has 0 bridgehead atoms. The number of ether oxygens (including phenoxy) is 1. The smallest absolute Gasteiger partial charge is 0.232 e. The first-order chi connectivity index (χ1) is 12.9. The largest absolute Gasteiger partial charge is 0.420 e. The molecule has 1 amide bonds. The molecule has 7 nitrogen and oxygen atoms in total. The third kappa shape index (κ3) is 3.15. The van der Waals surface area contributed by atoms with E-state index in [-0.39, 0.29) is 11.8 Å². The molecule has 1 aliphatic rings.